The number of nitrogens with one attached hydrogen (secondary N) is 2. The van der Waals surface area contributed by atoms with E-state index in [1.807, 2.05) is 13.0 Å². The van der Waals surface area contributed by atoms with Crippen LogP contribution in [0.15, 0.2) is 42.1 Å². The maximum absolute atomic E-state index is 13.0. The summed E-state index contributed by atoms with van der Waals surface area (Å²) < 4.78 is 5.45. The topological polar surface area (TPSA) is 111 Å². The van der Waals surface area contributed by atoms with Crippen LogP contribution in [0.25, 0.3) is 16.6 Å². The SMILES string of the molecule is Cc1cc(N2CCOCC2)cc2[nH]c(C3=C(NC[C@@H](O)c4cccc(Cl)c4)C(=O)N(C)C3=O)nc12. The Bertz CT molecular complexity index is 1340. The Balaban J connectivity index is 1.48. The van der Waals surface area contributed by atoms with Gasteiger partial charge in [-0.3, -0.25) is 14.5 Å². The highest BCUT2D eigenvalue weighted by Crippen LogP contribution is 2.31. The van der Waals surface area contributed by atoms with Crippen molar-refractivity contribution in [2.75, 3.05) is 44.8 Å². The number of morpholine rings is 1. The smallest absolute Gasteiger partial charge is 0.277 e. The van der Waals surface area contributed by atoms with Gasteiger partial charge in [0, 0.05) is 37.4 Å². The van der Waals surface area contributed by atoms with Crippen molar-refractivity contribution in [2.45, 2.75) is 13.0 Å². The monoisotopic (exact) mass is 495 g/mol. The number of imidazole rings is 1. The molecule has 3 N–H and O–H groups in total. The zero-order valence-corrected chi connectivity index (χ0v) is 20.2. The van der Waals surface area contributed by atoms with Gasteiger partial charge in [-0.15, -0.1) is 0 Å². The minimum Gasteiger partial charge on any atom is -0.387 e. The lowest BCUT2D eigenvalue weighted by molar-refractivity contribution is -0.135. The molecular weight excluding hydrogens is 470 g/mol. The van der Waals surface area contributed by atoms with Crippen LogP contribution in [-0.2, 0) is 14.3 Å². The summed E-state index contributed by atoms with van der Waals surface area (Å²) in [5.74, 6) is -0.626. The van der Waals surface area contributed by atoms with Gasteiger partial charge < -0.3 is 25.0 Å². The second kappa shape index (κ2) is 9.33. The Morgan fingerprint density at radius 3 is 2.71 bits per heavy atom. The van der Waals surface area contributed by atoms with E-state index in [1.165, 1.54) is 7.05 Å². The van der Waals surface area contributed by atoms with E-state index in [4.69, 9.17) is 16.3 Å². The highest BCUT2D eigenvalue weighted by atomic mass is 35.5. The van der Waals surface area contributed by atoms with E-state index in [-0.39, 0.29) is 17.8 Å². The molecular formula is C25H26ClN5O4. The molecule has 3 heterocycles. The molecule has 5 rings (SSSR count). The number of aryl methyl sites for hydroxylation is 1. The van der Waals surface area contributed by atoms with Gasteiger partial charge in [-0.25, -0.2) is 4.98 Å². The number of H-pyrrole nitrogens is 1. The van der Waals surface area contributed by atoms with Gasteiger partial charge in [0.05, 0.1) is 30.4 Å². The summed E-state index contributed by atoms with van der Waals surface area (Å²) in [5, 5.41) is 14.1. The number of likely N-dealkylation sites (N-methyl/N-ethyl adjacent to an activating group) is 1. The highest BCUT2D eigenvalue weighted by molar-refractivity contribution is 6.35. The van der Waals surface area contributed by atoms with Crippen LogP contribution >= 0.6 is 11.6 Å². The molecule has 2 aliphatic heterocycles. The molecule has 0 radical (unpaired) electrons. The van der Waals surface area contributed by atoms with Gasteiger partial charge in [0.1, 0.15) is 17.1 Å². The van der Waals surface area contributed by atoms with Crippen molar-refractivity contribution in [3.63, 3.8) is 0 Å². The van der Waals surface area contributed by atoms with Crippen LogP contribution < -0.4 is 10.2 Å². The summed E-state index contributed by atoms with van der Waals surface area (Å²) in [4.78, 5) is 37.1. The largest absolute Gasteiger partial charge is 0.387 e. The summed E-state index contributed by atoms with van der Waals surface area (Å²) in [5.41, 5.74) is 4.38. The average Bonchev–Trinajstić information content (AvgIpc) is 3.38. The number of carbonyl (C=O) groups excluding carboxylic acids is 2. The fourth-order valence-electron chi connectivity index (χ4n) is 4.45. The first-order valence-electron chi connectivity index (χ1n) is 11.4. The Kier molecular flexibility index (Phi) is 6.22. The normalized spacial score (nSPS) is 17.6. The fourth-order valence-corrected chi connectivity index (χ4v) is 4.65. The number of anilines is 1. The maximum atomic E-state index is 13.0. The van der Waals surface area contributed by atoms with Crippen molar-refractivity contribution < 1.29 is 19.4 Å². The minimum absolute atomic E-state index is 0.0203. The Morgan fingerprint density at radius 2 is 1.97 bits per heavy atom. The van der Waals surface area contributed by atoms with Crippen LogP contribution in [0.4, 0.5) is 5.69 Å². The van der Waals surface area contributed by atoms with E-state index in [0.29, 0.717) is 29.6 Å². The number of imide groups is 1. The van der Waals surface area contributed by atoms with E-state index in [1.54, 1.807) is 24.3 Å². The van der Waals surface area contributed by atoms with Crippen molar-refractivity contribution in [2.24, 2.45) is 0 Å². The van der Waals surface area contributed by atoms with Gasteiger partial charge in [-0.05, 0) is 42.3 Å². The standard InChI is InChI=1S/C25H26ClN5O4/c1-14-10-17(31-6-8-35-9-7-31)12-18-21(14)29-23(28-18)20-22(25(34)30(2)24(20)33)27-13-19(32)15-4-3-5-16(26)11-15/h3-5,10-12,19,27,32H,6-9,13H2,1-2H3,(H,28,29)/t19-/m1/s1. The molecule has 0 saturated carbocycles. The number of fused-ring (bicyclic) bond motifs is 1. The second-order valence-corrected chi connectivity index (χ2v) is 9.15. The molecule has 1 fully saturated rings. The number of aromatic amines is 1. The summed E-state index contributed by atoms with van der Waals surface area (Å²) in [7, 11) is 1.43. The van der Waals surface area contributed by atoms with Gasteiger partial charge in [0.15, 0.2) is 0 Å². The van der Waals surface area contributed by atoms with E-state index < -0.39 is 17.9 Å². The molecule has 2 aromatic carbocycles. The molecule has 0 bridgehead atoms. The minimum atomic E-state index is -0.926. The van der Waals surface area contributed by atoms with Crippen LogP contribution in [0.1, 0.15) is 23.1 Å². The number of hydrogen-bond acceptors (Lipinski definition) is 7. The number of nitrogens with zero attached hydrogens (tertiary/aromatic N) is 3. The molecule has 0 unspecified atom stereocenters. The van der Waals surface area contributed by atoms with Crippen LogP contribution in [0.3, 0.4) is 0 Å². The summed E-state index contributed by atoms with van der Waals surface area (Å²) in [6, 6.07) is 10.9. The van der Waals surface area contributed by atoms with Crippen LogP contribution in [0.2, 0.25) is 5.02 Å². The molecule has 1 atom stereocenters. The Labute approximate surface area is 207 Å². The zero-order chi connectivity index (χ0) is 24.7. The van der Waals surface area contributed by atoms with Gasteiger partial charge in [-0.2, -0.15) is 0 Å². The molecule has 0 spiro atoms. The second-order valence-electron chi connectivity index (χ2n) is 8.71. The van der Waals surface area contributed by atoms with Crippen molar-refractivity contribution in [1.82, 2.24) is 20.2 Å². The van der Waals surface area contributed by atoms with E-state index >= 15 is 0 Å². The molecule has 9 nitrogen and oxygen atoms in total. The first kappa shape index (κ1) is 23.3. The first-order chi connectivity index (χ1) is 16.8. The fraction of sp³-hybridized carbons (Fsp3) is 0.320. The highest BCUT2D eigenvalue weighted by Gasteiger charge is 2.38. The molecule has 1 aromatic heterocycles. The molecule has 3 aromatic rings. The lowest BCUT2D eigenvalue weighted by atomic mass is 10.1. The predicted molar refractivity (Wildman–Crippen MR) is 133 cm³/mol. The zero-order valence-electron chi connectivity index (χ0n) is 19.5. The number of aliphatic hydroxyl groups is 1. The van der Waals surface area contributed by atoms with Gasteiger partial charge in [-0.1, -0.05) is 23.7 Å². The number of carbonyl (C=O) groups is 2. The molecule has 2 aliphatic rings. The van der Waals surface area contributed by atoms with Crippen molar-refractivity contribution in [3.05, 3.63) is 64.1 Å². The quantitative estimate of drug-likeness (QED) is 0.450. The van der Waals surface area contributed by atoms with Crippen LogP contribution in [-0.4, -0.2) is 71.7 Å². The lowest BCUT2D eigenvalue weighted by Crippen LogP contribution is -2.36. The van der Waals surface area contributed by atoms with Crippen molar-refractivity contribution >= 4 is 45.7 Å². The molecule has 10 heteroatoms. The third-order valence-electron chi connectivity index (χ3n) is 6.37. The predicted octanol–water partition coefficient (Wildman–Crippen LogP) is 2.39. The number of amides is 2. The summed E-state index contributed by atoms with van der Waals surface area (Å²) in [6.07, 6.45) is -0.926. The first-order valence-corrected chi connectivity index (χ1v) is 11.8. The number of hydrogen-bond donors (Lipinski definition) is 3. The maximum Gasteiger partial charge on any atom is 0.277 e. The third-order valence-corrected chi connectivity index (χ3v) is 6.60. The van der Waals surface area contributed by atoms with Gasteiger partial charge >= 0.3 is 0 Å². The molecule has 1 saturated heterocycles. The van der Waals surface area contributed by atoms with Gasteiger partial charge in [0.25, 0.3) is 11.8 Å². The number of aromatic nitrogens is 2. The van der Waals surface area contributed by atoms with Crippen molar-refractivity contribution in [3.8, 4) is 0 Å². The summed E-state index contributed by atoms with van der Waals surface area (Å²) in [6.45, 7) is 4.95. The Morgan fingerprint density at radius 1 is 1.20 bits per heavy atom. The van der Waals surface area contributed by atoms with Crippen molar-refractivity contribution in [1.29, 1.82) is 0 Å². The van der Waals surface area contributed by atoms with Gasteiger partial charge in [0.2, 0.25) is 0 Å². The molecule has 2 amide bonds. The third kappa shape index (κ3) is 4.38. The number of aliphatic hydroxyl groups excluding tert-OH is 1. The van der Waals surface area contributed by atoms with E-state index in [9.17, 15) is 14.7 Å². The number of halogens is 1. The lowest BCUT2D eigenvalue weighted by Gasteiger charge is -2.29. The van der Waals surface area contributed by atoms with E-state index in [0.717, 1.165) is 40.3 Å². The Hall–Kier alpha value is -3.40. The average molecular weight is 496 g/mol. The molecule has 35 heavy (non-hydrogen) atoms. The number of ether oxygens (including phenoxy) is 1. The molecule has 0 aliphatic carbocycles. The van der Waals surface area contributed by atoms with Crippen LogP contribution in [0, 0.1) is 6.92 Å². The van der Waals surface area contributed by atoms with Crippen LogP contribution in [0.5, 0.6) is 0 Å². The van der Waals surface area contributed by atoms with E-state index in [2.05, 4.69) is 26.3 Å². The number of benzene rings is 2. The molecule has 182 valence electrons. The summed E-state index contributed by atoms with van der Waals surface area (Å²) >= 11 is 6.02. The number of rotatable bonds is 6.